The Balaban J connectivity index is 2.16. The first kappa shape index (κ1) is 18.1. The van der Waals surface area contributed by atoms with Gasteiger partial charge in [-0.25, -0.2) is 9.59 Å². The van der Waals surface area contributed by atoms with Gasteiger partial charge in [-0.2, -0.15) is 0 Å². The Kier molecular flexibility index (Phi) is 6.46. The van der Waals surface area contributed by atoms with E-state index in [1.54, 1.807) is 6.92 Å². The first-order valence-electron chi connectivity index (χ1n) is 8.43. The number of carbonyl (C=O) groups is 2. The number of carbonyl (C=O) groups excluding carboxylic acids is 1. The topological polar surface area (TPSA) is 84.9 Å². The number of esters is 1. The molecule has 0 spiro atoms. The average Bonchev–Trinajstić information content (AvgIpc) is 2.60. The summed E-state index contributed by atoms with van der Waals surface area (Å²) >= 11 is 0. The normalized spacial score (nSPS) is 28.0. The van der Waals surface area contributed by atoms with Gasteiger partial charge in [-0.05, 0) is 44.2 Å². The first-order valence-corrected chi connectivity index (χ1v) is 8.43. The SMILES string of the molecule is CC[C@H]1CCC[C@H](NC(=O)O)C(=O)O[C@@H](C)[C@@H]1Oc1ccccc1. The molecule has 0 unspecified atom stereocenters. The summed E-state index contributed by atoms with van der Waals surface area (Å²) in [7, 11) is 0. The van der Waals surface area contributed by atoms with Gasteiger partial charge in [0.15, 0.2) is 0 Å². The van der Waals surface area contributed by atoms with E-state index in [2.05, 4.69) is 12.2 Å². The summed E-state index contributed by atoms with van der Waals surface area (Å²) in [4.78, 5) is 23.1. The Hall–Kier alpha value is -2.24. The Labute approximate surface area is 142 Å². The quantitative estimate of drug-likeness (QED) is 0.825. The Morgan fingerprint density at radius 2 is 2.04 bits per heavy atom. The summed E-state index contributed by atoms with van der Waals surface area (Å²) < 4.78 is 11.6. The van der Waals surface area contributed by atoms with Crippen molar-refractivity contribution < 1.29 is 24.2 Å². The predicted molar refractivity (Wildman–Crippen MR) is 89.0 cm³/mol. The lowest BCUT2D eigenvalue weighted by molar-refractivity contribution is -0.156. The number of amides is 1. The highest BCUT2D eigenvalue weighted by Crippen LogP contribution is 2.28. The third-order valence-electron chi connectivity index (χ3n) is 4.42. The van der Waals surface area contributed by atoms with Crippen LogP contribution in [0.15, 0.2) is 30.3 Å². The van der Waals surface area contributed by atoms with Gasteiger partial charge in [0.2, 0.25) is 0 Å². The number of rotatable bonds is 4. The molecule has 1 aromatic rings. The van der Waals surface area contributed by atoms with E-state index < -0.39 is 24.2 Å². The van der Waals surface area contributed by atoms with E-state index in [9.17, 15) is 9.59 Å². The van der Waals surface area contributed by atoms with Crippen LogP contribution in [0.25, 0.3) is 0 Å². The number of cyclic esters (lactones) is 1. The zero-order chi connectivity index (χ0) is 17.5. The molecule has 24 heavy (non-hydrogen) atoms. The van der Waals surface area contributed by atoms with Crippen LogP contribution in [0.3, 0.4) is 0 Å². The monoisotopic (exact) mass is 335 g/mol. The largest absolute Gasteiger partial charge is 0.486 e. The minimum Gasteiger partial charge on any atom is -0.486 e. The third kappa shape index (κ3) is 4.88. The van der Waals surface area contributed by atoms with Crippen LogP contribution in [-0.2, 0) is 9.53 Å². The van der Waals surface area contributed by atoms with Crippen molar-refractivity contribution in [1.29, 1.82) is 0 Å². The summed E-state index contributed by atoms with van der Waals surface area (Å²) in [5.41, 5.74) is 0. The zero-order valence-electron chi connectivity index (χ0n) is 14.1. The fourth-order valence-electron chi connectivity index (χ4n) is 3.15. The molecule has 1 aliphatic rings. The van der Waals surface area contributed by atoms with E-state index in [0.29, 0.717) is 6.42 Å². The van der Waals surface area contributed by atoms with Crippen molar-refractivity contribution in [2.45, 2.75) is 57.8 Å². The fourth-order valence-corrected chi connectivity index (χ4v) is 3.15. The molecule has 1 amide bonds. The van der Waals surface area contributed by atoms with E-state index in [0.717, 1.165) is 25.0 Å². The van der Waals surface area contributed by atoms with Crippen LogP contribution >= 0.6 is 0 Å². The van der Waals surface area contributed by atoms with E-state index in [-0.39, 0.29) is 12.0 Å². The van der Waals surface area contributed by atoms with Crippen molar-refractivity contribution in [1.82, 2.24) is 5.32 Å². The molecule has 0 radical (unpaired) electrons. The number of benzene rings is 1. The standard InChI is InChI=1S/C18H25NO5/c1-3-13-8-7-11-15(19-18(21)22)17(20)23-12(2)16(13)24-14-9-5-4-6-10-14/h4-6,9-10,12-13,15-16,19H,3,7-8,11H2,1-2H3,(H,21,22)/t12-,13-,15-,16-/m0/s1. The van der Waals surface area contributed by atoms with Gasteiger partial charge in [-0.1, -0.05) is 31.5 Å². The molecule has 2 rings (SSSR count). The highest BCUT2D eigenvalue weighted by molar-refractivity contribution is 5.80. The fraction of sp³-hybridized carbons (Fsp3) is 0.556. The lowest BCUT2D eigenvalue weighted by Crippen LogP contribution is -2.44. The summed E-state index contributed by atoms with van der Waals surface area (Å²) in [6, 6.07) is 8.65. The van der Waals surface area contributed by atoms with Crippen LogP contribution in [0.2, 0.25) is 0 Å². The Morgan fingerprint density at radius 3 is 2.67 bits per heavy atom. The molecule has 2 N–H and O–H groups in total. The van der Waals surface area contributed by atoms with Crippen LogP contribution in [0.5, 0.6) is 5.75 Å². The second-order valence-electron chi connectivity index (χ2n) is 6.14. The molecule has 0 saturated carbocycles. The molecule has 1 aliphatic heterocycles. The molecule has 132 valence electrons. The van der Waals surface area contributed by atoms with Crippen LogP contribution in [0, 0.1) is 5.92 Å². The smallest absolute Gasteiger partial charge is 0.405 e. The lowest BCUT2D eigenvalue weighted by atomic mass is 9.90. The maximum absolute atomic E-state index is 12.3. The maximum atomic E-state index is 12.3. The number of nitrogens with one attached hydrogen (secondary N) is 1. The van der Waals surface area contributed by atoms with Crippen LogP contribution in [-0.4, -0.2) is 35.4 Å². The van der Waals surface area contributed by atoms with Gasteiger partial charge in [0, 0.05) is 0 Å². The second-order valence-corrected chi connectivity index (χ2v) is 6.14. The summed E-state index contributed by atoms with van der Waals surface area (Å²) in [6.07, 6.45) is 0.993. The van der Waals surface area contributed by atoms with Crippen molar-refractivity contribution in [3.63, 3.8) is 0 Å². The number of hydrogen-bond acceptors (Lipinski definition) is 4. The Morgan fingerprint density at radius 1 is 1.33 bits per heavy atom. The van der Waals surface area contributed by atoms with Crippen molar-refractivity contribution in [3.05, 3.63) is 30.3 Å². The minimum absolute atomic E-state index is 0.233. The molecule has 1 aromatic carbocycles. The van der Waals surface area contributed by atoms with Gasteiger partial charge in [-0.3, -0.25) is 0 Å². The van der Waals surface area contributed by atoms with E-state index >= 15 is 0 Å². The van der Waals surface area contributed by atoms with E-state index in [4.69, 9.17) is 14.6 Å². The van der Waals surface area contributed by atoms with Gasteiger partial charge in [0.25, 0.3) is 0 Å². The van der Waals surface area contributed by atoms with E-state index in [1.807, 2.05) is 30.3 Å². The predicted octanol–water partition coefficient (Wildman–Crippen LogP) is 3.21. The minimum atomic E-state index is -1.21. The molecular weight excluding hydrogens is 310 g/mol. The highest BCUT2D eigenvalue weighted by Gasteiger charge is 2.34. The lowest BCUT2D eigenvalue weighted by Gasteiger charge is -2.31. The molecule has 1 fully saturated rings. The average molecular weight is 335 g/mol. The molecule has 0 aliphatic carbocycles. The summed E-state index contributed by atoms with van der Waals surface area (Å²) in [6.45, 7) is 3.89. The number of ether oxygens (including phenoxy) is 2. The van der Waals surface area contributed by atoms with Gasteiger partial charge < -0.3 is 19.9 Å². The molecular formula is C18H25NO5. The van der Waals surface area contributed by atoms with E-state index in [1.165, 1.54) is 0 Å². The van der Waals surface area contributed by atoms with Crippen molar-refractivity contribution in [2.24, 2.45) is 5.92 Å². The molecule has 0 aromatic heterocycles. The summed E-state index contributed by atoms with van der Waals surface area (Å²) in [5.74, 6) is 0.434. The van der Waals surface area contributed by atoms with Gasteiger partial charge in [0.1, 0.15) is 24.0 Å². The zero-order valence-corrected chi connectivity index (χ0v) is 14.1. The third-order valence-corrected chi connectivity index (χ3v) is 4.42. The summed E-state index contributed by atoms with van der Waals surface area (Å²) in [5, 5.41) is 11.1. The molecule has 1 heterocycles. The second kappa shape index (κ2) is 8.57. The molecule has 4 atom stereocenters. The number of carboxylic acid groups (broad SMARTS) is 1. The first-order chi connectivity index (χ1) is 11.5. The highest BCUT2D eigenvalue weighted by atomic mass is 16.6. The van der Waals surface area contributed by atoms with Crippen LogP contribution in [0.1, 0.15) is 39.5 Å². The number of para-hydroxylation sites is 1. The van der Waals surface area contributed by atoms with Gasteiger partial charge >= 0.3 is 12.1 Å². The Bertz CT molecular complexity index is 548. The molecule has 6 nitrogen and oxygen atoms in total. The van der Waals surface area contributed by atoms with Crippen molar-refractivity contribution >= 4 is 12.1 Å². The van der Waals surface area contributed by atoms with Crippen molar-refractivity contribution in [2.75, 3.05) is 0 Å². The van der Waals surface area contributed by atoms with Crippen molar-refractivity contribution in [3.8, 4) is 5.75 Å². The number of hydrogen-bond donors (Lipinski definition) is 2. The van der Waals surface area contributed by atoms with Crippen LogP contribution < -0.4 is 10.1 Å². The van der Waals surface area contributed by atoms with Gasteiger partial charge in [0.05, 0.1) is 0 Å². The maximum Gasteiger partial charge on any atom is 0.405 e. The molecule has 6 heteroatoms. The van der Waals surface area contributed by atoms with Gasteiger partial charge in [-0.15, -0.1) is 0 Å². The molecule has 0 bridgehead atoms. The molecule has 1 saturated heterocycles. The van der Waals surface area contributed by atoms with Crippen LogP contribution in [0.4, 0.5) is 4.79 Å².